The number of nitrogens with zero attached hydrogens (tertiary/aromatic N) is 2. The van der Waals surface area contributed by atoms with Gasteiger partial charge in [0.05, 0.1) is 20.8 Å². The number of benzene rings is 1. The van der Waals surface area contributed by atoms with Crippen LogP contribution in [0.25, 0.3) is 10.9 Å². The van der Waals surface area contributed by atoms with Crippen LogP contribution in [-0.4, -0.2) is 9.91 Å². The number of hydrogen-bond donors (Lipinski definition) is 0. The Balaban J connectivity index is 2.96. The lowest BCUT2D eigenvalue weighted by molar-refractivity contribution is -0.383. The molecule has 0 amide bonds. The number of halogens is 2. The molecule has 0 N–H and O–H groups in total. The first-order valence-electron chi connectivity index (χ1n) is 3.98. The third-order valence-electron chi connectivity index (χ3n) is 1.97. The predicted molar refractivity (Wildman–Crippen MR) is 61.1 cm³/mol. The van der Waals surface area contributed by atoms with Gasteiger partial charge < -0.3 is 0 Å². The summed E-state index contributed by atoms with van der Waals surface area (Å²) < 4.78 is 0.686. The van der Waals surface area contributed by atoms with Crippen LogP contribution >= 0.6 is 27.5 Å². The highest BCUT2D eigenvalue weighted by Gasteiger charge is 2.16. The molecule has 0 bridgehead atoms. The van der Waals surface area contributed by atoms with Crippen molar-refractivity contribution < 1.29 is 4.92 Å². The molecule has 76 valence electrons. The summed E-state index contributed by atoms with van der Waals surface area (Å²) in [7, 11) is 0. The fourth-order valence-corrected chi connectivity index (χ4v) is 2.00. The van der Waals surface area contributed by atoms with E-state index in [9.17, 15) is 10.1 Å². The number of nitro benzene ring substituents is 1. The summed E-state index contributed by atoms with van der Waals surface area (Å²) in [6, 6.07) is 4.52. The van der Waals surface area contributed by atoms with Gasteiger partial charge in [-0.1, -0.05) is 11.6 Å². The molecule has 0 spiro atoms. The van der Waals surface area contributed by atoms with E-state index in [0.29, 0.717) is 20.4 Å². The van der Waals surface area contributed by atoms with Gasteiger partial charge in [0, 0.05) is 16.7 Å². The van der Waals surface area contributed by atoms with E-state index in [1.807, 2.05) is 0 Å². The van der Waals surface area contributed by atoms with E-state index < -0.39 is 4.92 Å². The molecule has 4 nitrogen and oxygen atoms in total. The van der Waals surface area contributed by atoms with Crippen LogP contribution in [0.15, 0.2) is 28.9 Å². The molecule has 0 saturated heterocycles. The van der Waals surface area contributed by atoms with Crippen LogP contribution in [0, 0.1) is 10.1 Å². The van der Waals surface area contributed by atoms with Gasteiger partial charge in [-0.15, -0.1) is 0 Å². The van der Waals surface area contributed by atoms with Crippen molar-refractivity contribution in [2.24, 2.45) is 0 Å². The number of rotatable bonds is 1. The van der Waals surface area contributed by atoms with Gasteiger partial charge in [0.25, 0.3) is 5.69 Å². The first-order valence-corrected chi connectivity index (χ1v) is 5.15. The summed E-state index contributed by atoms with van der Waals surface area (Å²) in [5, 5.41) is 11.5. The normalized spacial score (nSPS) is 10.5. The number of non-ortho nitro benzene ring substituents is 1. The Labute approximate surface area is 98.2 Å². The van der Waals surface area contributed by atoms with Crippen molar-refractivity contribution in [2.75, 3.05) is 0 Å². The van der Waals surface area contributed by atoms with E-state index >= 15 is 0 Å². The van der Waals surface area contributed by atoms with Crippen LogP contribution in [0.2, 0.25) is 5.02 Å². The SMILES string of the molecule is O=[N+]([O-])c1ccc(Br)c2nccc(Cl)c12. The van der Waals surface area contributed by atoms with Crippen LogP contribution in [0.5, 0.6) is 0 Å². The minimum absolute atomic E-state index is 0.0358. The van der Waals surface area contributed by atoms with Crippen molar-refractivity contribution in [3.8, 4) is 0 Å². The average molecular weight is 288 g/mol. The highest BCUT2D eigenvalue weighted by molar-refractivity contribution is 9.10. The molecule has 0 saturated carbocycles. The summed E-state index contributed by atoms with van der Waals surface area (Å²) in [6.07, 6.45) is 1.51. The maximum Gasteiger partial charge on any atom is 0.280 e. The van der Waals surface area contributed by atoms with Gasteiger partial charge in [-0.05, 0) is 28.1 Å². The standard InChI is InChI=1S/C9H4BrClN2O2/c10-5-1-2-7(13(14)15)8-6(11)3-4-12-9(5)8/h1-4H. The number of hydrogen-bond acceptors (Lipinski definition) is 3. The largest absolute Gasteiger partial charge is 0.280 e. The van der Waals surface area contributed by atoms with E-state index in [0.717, 1.165) is 0 Å². The Morgan fingerprint density at radius 3 is 2.80 bits per heavy atom. The Morgan fingerprint density at radius 2 is 2.13 bits per heavy atom. The highest BCUT2D eigenvalue weighted by Crippen LogP contribution is 2.34. The molecule has 0 unspecified atom stereocenters. The monoisotopic (exact) mass is 286 g/mol. The quantitative estimate of drug-likeness (QED) is 0.595. The van der Waals surface area contributed by atoms with Gasteiger partial charge in [0.15, 0.2) is 0 Å². The second-order valence-electron chi connectivity index (χ2n) is 2.84. The molecule has 0 atom stereocenters. The molecular formula is C9H4BrClN2O2. The van der Waals surface area contributed by atoms with E-state index in [2.05, 4.69) is 20.9 Å². The Hall–Kier alpha value is -1.20. The molecule has 0 radical (unpaired) electrons. The molecule has 1 heterocycles. The molecule has 0 aliphatic carbocycles. The van der Waals surface area contributed by atoms with Gasteiger partial charge in [-0.25, -0.2) is 0 Å². The second kappa shape index (κ2) is 3.75. The Kier molecular flexibility index (Phi) is 2.58. The van der Waals surface area contributed by atoms with Gasteiger partial charge in [-0.2, -0.15) is 0 Å². The molecule has 1 aromatic carbocycles. The summed E-state index contributed by atoms with van der Waals surface area (Å²) in [4.78, 5) is 14.4. The van der Waals surface area contributed by atoms with Crippen molar-refractivity contribution in [3.63, 3.8) is 0 Å². The van der Waals surface area contributed by atoms with Crippen LogP contribution in [0.3, 0.4) is 0 Å². The van der Waals surface area contributed by atoms with Crippen molar-refractivity contribution >= 4 is 44.1 Å². The molecule has 0 fully saturated rings. The van der Waals surface area contributed by atoms with Gasteiger partial charge in [0.2, 0.25) is 0 Å². The van der Waals surface area contributed by atoms with E-state index in [4.69, 9.17) is 11.6 Å². The van der Waals surface area contributed by atoms with Gasteiger partial charge in [-0.3, -0.25) is 15.1 Å². The number of pyridine rings is 1. The van der Waals surface area contributed by atoms with Crippen LogP contribution in [0.1, 0.15) is 0 Å². The predicted octanol–water partition coefficient (Wildman–Crippen LogP) is 3.56. The fraction of sp³-hybridized carbons (Fsp3) is 0. The van der Waals surface area contributed by atoms with Crippen molar-refractivity contribution in [1.82, 2.24) is 4.98 Å². The molecule has 0 aliphatic rings. The molecule has 2 aromatic rings. The first-order chi connectivity index (χ1) is 7.11. The fourth-order valence-electron chi connectivity index (χ4n) is 1.33. The zero-order valence-electron chi connectivity index (χ0n) is 7.28. The van der Waals surface area contributed by atoms with Crippen LogP contribution in [-0.2, 0) is 0 Å². The van der Waals surface area contributed by atoms with Crippen molar-refractivity contribution in [2.45, 2.75) is 0 Å². The Morgan fingerprint density at radius 1 is 1.40 bits per heavy atom. The summed E-state index contributed by atoms with van der Waals surface area (Å²) in [5.41, 5.74) is 0.461. The molecule has 1 aromatic heterocycles. The Bertz CT molecular complexity index is 559. The minimum Gasteiger partial charge on any atom is -0.258 e. The third-order valence-corrected chi connectivity index (χ3v) is 2.92. The lowest BCUT2D eigenvalue weighted by Gasteiger charge is -2.02. The van der Waals surface area contributed by atoms with Crippen LogP contribution < -0.4 is 0 Å². The van der Waals surface area contributed by atoms with Crippen molar-refractivity contribution in [1.29, 1.82) is 0 Å². The number of nitro groups is 1. The van der Waals surface area contributed by atoms with Gasteiger partial charge in [0.1, 0.15) is 0 Å². The number of fused-ring (bicyclic) bond motifs is 1. The molecular weight excluding hydrogens is 283 g/mol. The average Bonchev–Trinajstić information content (AvgIpc) is 2.19. The minimum atomic E-state index is -0.470. The molecule has 0 aliphatic heterocycles. The zero-order valence-corrected chi connectivity index (χ0v) is 9.62. The first kappa shape index (κ1) is 10.3. The summed E-state index contributed by atoms with van der Waals surface area (Å²) in [6.45, 7) is 0. The molecule has 2 rings (SSSR count). The molecule has 15 heavy (non-hydrogen) atoms. The summed E-state index contributed by atoms with van der Waals surface area (Å²) in [5.74, 6) is 0. The third kappa shape index (κ3) is 1.68. The van der Waals surface area contributed by atoms with E-state index in [1.54, 1.807) is 6.07 Å². The van der Waals surface area contributed by atoms with Gasteiger partial charge >= 0.3 is 0 Å². The maximum absolute atomic E-state index is 10.8. The highest BCUT2D eigenvalue weighted by atomic mass is 79.9. The molecule has 6 heteroatoms. The lowest BCUT2D eigenvalue weighted by Crippen LogP contribution is -1.91. The van der Waals surface area contributed by atoms with Crippen LogP contribution in [0.4, 0.5) is 5.69 Å². The topological polar surface area (TPSA) is 56.0 Å². The lowest BCUT2D eigenvalue weighted by atomic mass is 10.2. The number of aromatic nitrogens is 1. The van der Waals surface area contributed by atoms with E-state index in [-0.39, 0.29) is 5.69 Å². The zero-order chi connectivity index (χ0) is 11.0. The van der Waals surface area contributed by atoms with E-state index in [1.165, 1.54) is 18.3 Å². The van der Waals surface area contributed by atoms with Crippen molar-refractivity contribution in [3.05, 3.63) is 44.0 Å². The smallest absolute Gasteiger partial charge is 0.258 e. The summed E-state index contributed by atoms with van der Waals surface area (Å²) >= 11 is 9.18. The second-order valence-corrected chi connectivity index (χ2v) is 4.10. The maximum atomic E-state index is 10.8.